The number of nitrogens with zero attached hydrogens (tertiary/aromatic N) is 3. The molecule has 0 radical (unpaired) electrons. The Bertz CT molecular complexity index is 2800. The van der Waals surface area contributed by atoms with E-state index in [2.05, 4.69) is 37.5 Å². The Balaban J connectivity index is 0.759. The number of imidazole rings is 1. The summed E-state index contributed by atoms with van der Waals surface area (Å²) in [7, 11) is 0. The summed E-state index contributed by atoms with van der Waals surface area (Å²) in [5.74, 6) is 4.72. The van der Waals surface area contributed by atoms with Crippen molar-refractivity contribution < 1.29 is 33.0 Å². The summed E-state index contributed by atoms with van der Waals surface area (Å²) >= 11 is 6.18. The van der Waals surface area contributed by atoms with E-state index in [1.165, 1.54) is 21.7 Å². The minimum atomic E-state index is -0.669. The molecule has 8 rings (SSSR count). The van der Waals surface area contributed by atoms with Crippen LogP contribution in [0.25, 0.3) is 28.2 Å². The molecular formula is C47H43ClFN7O7. The quantitative estimate of drug-likeness (QED) is 0.0584. The summed E-state index contributed by atoms with van der Waals surface area (Å²) in [6.07, 6.45) is 2.88. The summed E-state index contributed by atoms with van der Waals surface area (Å²) in [5.41, 5.74) is 7.18. The van der Waals surface area contributed by atoms with Gasteiger partial charge in [-0.2, -0.15) is 4.68 Å². The summed E-state index contributed by atoms with van der Waals surface area (Å²) in [6, 6.07) is 24.1. The summed E-state index contributed by atoms with van der Waals surface area (Å²) in [5, 5.41) is 8.89. The number of aromatic nitrogens is 4. The molecule has 2 aliphatic rings. The Labute approximate surface area is 366 Å². The third-order valence-electron chi connectivity index (χ3n) is 10.9. The number of rotatable bonds is 16. The first-order valence-corrected chi connectivity index (χ1v) is 21.0. The number of amides is 4. The van der Waals surface area contributed by atoms with E-state index < -0.39 is 11.9 Å². The van der Waals surface area contributed by atoms with Gasteiger partial charge in [-0.05, 0) is 103 Å². The molecule has 0 spiro atoms. The Kier molecular flexibility index (Phi) is 13.2. The van der Waals surface area contributed by atoms with E-state index in [9.17, 15) is 28.4 Å². The van der Waals surface area contributed by atoms with Gasteiger partial charge < -0.3 is 24.7 Å². The molecule has 1 atom stereocenters. The monoisotopic (exact) mass is 871 g/mol. The molecule has 63 heavy (non-hydrogen) atoms. The van der Waals surface area contributed by atoms with Crippen LogP contribution in [0.4, 0.5) is 4.39 Å². The highest BCUT2D eigenvalue weighted by molar-refractivity contribution is 6.31. The fourth-order valence-electron chi connectivity index (χ4n) is 7.69. The molecule has 0 saturated carbocycles. The Hall–Kier alpha value is -6.86. The lowest BCUT2D eigenvalue weighted by atomic mass is 10.00. The maximum absolute atomic E-state index is 13.9. The number of carbonyl (C=O) groups is 4. The molecule has 4 N–H and O–H groups in total. The number of benzene rings is 4. The molecule has 0 aliphatic carbocycles. The molecule has 16 heteroatoms. The molecule has 322 valence electrons. The topological polar surface area (TPSA) is 181 Å². The van der Waals surface area contributed by atoms with Gasteiger partial charge in [-0.1, -0.05) is 59.8 Å². The summed E-state index contributed by atoms with van der Waals surface area (Å²) < 4.78 is 26.1. The fraction of sp³-hybridized carbons (Fsp3) is 0.277. The van der Waals surface area contributed by atoms with E-state index in [4.69, 9.17) is 21.1 Å². The van der Waals surface area contributed by atoms with Crippen molar-refractivity contribution in [2.24, 2.45) is 0 Å². The van der Waals surface area contributed by atoms with E-state index in [1.54, 1.807) is 42.5 Å². The molecular weight excluding hydrogens is 829 g/mol. The van der Waals surface area contributed by atoms with Gasteiger partial charge in [0.15, 0.2) is 0 Å². The van der Waals surface area contributed by atoms with Crippen molar-refractivity contribution in [1.82, 2.24) is 35.3 Å². The summed E-state index contributed by atoms with van der Waals surface area (Å²) in [6.45, 7) is 1.29. The van der Waals surface area contributed by atoms with Crippen molar-refractivity contribution >= 4 is 46.3 Å². The molecule has 0 bridgehead atoms. The first-order chi connectivity index (χ1) is 30.6. The SMILES string of the molecule is O=C(COCCCc1ccc(-c2[nH]n(-c3nc4ccc(Cl)cc4[nH]3)c(=O)c2CCc2ccc(F)cc2)cc1)NCCOCC#Cc1ccc2c(c1)CN(C1CCC(=O)NC1=O)C2=O. The molecule has 4 heterocycles. The number of carbonyl (C=O) groups excluding carboxylic acids is 4. The van der Waals surface area contributed by atoms with Gasteiger partial charge in [0, 0.05) is 47.8 Å². The predicted molar refractivity (Wildman–Crippen MR) is 233 cm³/mol. The van der Waals surface area contributed by atoms with Crippen LogP contribution in [0, 0.1) is 17.7 Å². The number of halogens is 2. The zero-order valence-electron chi connectivity index (χ0n) is 34.1. The normalized spacial score (nSPS) is 14.7. The van der Waals surface area contributed by atoms with Gasteiger partial charge in [-0.15, -0.1) is 0 Å². The van der Waals surface area contributed by atoms with Gasteiger partial charge in [0.1, 0.15) is 25.1 Å². The van der Waals surface area contributed by atoms with Crippen LogP contribution in [-0.4, -0.2) is 87.3 Å². The van der Waals surface area contributed by atoms with Crippen molar-refractivity contribution in [1.29, 1.82) is 0 Å². The van der Waals surface area contributed by atoms with Crippen LogP contribution in [0.15, 0.2) is 89.7 Å². The van der Waals surface area contributed by atoms with Gasteiger partial charge in [0.2, 0.25) is 23.7 Å². The van der Waals surface area contributed by atoms with Crippen LogP contribution in [0.2, 0.25) is 5.02 Å². The van der Waals surface area contributed by atoms with Gasteiger partial charge in [-0.3, -0.25) is 34.4 Å². The van der Waals surface area contributed by atoms with Gasteiger partial charge in [-0.25, -0.2) is 9.37 Å². The maximum atomic E-state index is 13.9. The number of ether oxygens (including phenoxy) is 2. The zero-order valence-corrected chi connectivity index (χ0v) is 34.9. The first-order valence-electron chi connectivity index (χ1n) is 20.6. The van der Waals surface area contributed by atoms with E-state index in [-0.39, 0.29) is 61.9 Å². The Morgan fingerprint density at radius 2 is 1.71 bits per heavy atom. The second-order valence-corrected chi connectivity index (χ2v) is 15.7. The average Bonchev–Trinajstić information content (AvgIpc) is 3.95. The molecule has 2 aromatic heterocycles. The van der Waals surface area contributed by atoms with Crippen LogP contribution < -0.4 is 16.2 Å². The largest absolute Gasteiger partial charge is 0.372 e. The van der Waals surface area contributed by atoms with Crippen LogP contribution in [-0.2, 0) is 49.7 Å². The van der Waals surface area contributed by atoms with Crippen molar-refractivity contribution in [2.75, 3.05) is 33.0 Å². The number of imide groups is 1. The Morgan fingerprint density at radius 1 is 0.921 bits per heavy atom. The second kappa shape index (κ2) is 19.5. The molecule has 1 fully saturated rings. The second-order valence-electron chi connectivity index (χ2n) is 15.3. The third kappa shape index (κ3) is 10.3. The minimum Gasteiger partial charge on any atom is -0.372 e. The van der Waals surface area contributed by atoms with E-state index >= 15 is 0 Å². The number of piperidine rings is 1. The number of aromatic amines is 2. The van der Waals surface area contributed by atoms with Crippen molar-refractivity contribution in [3.8, 4) is 29.0 Å². The number of H-pyrrole nitrogens is 2. The fourth-order valence-corrected chi connectivity index (χ4v) is 7.87. The molecule has 1 unspecified atom stereocenters. The van der Waals surface area contributed by atoms with Crippen molar-refractivity contribution in [3.63, 3.8) is 0 Å². The van der Waals surface area contributed by atoms with Crippen molar-refractivity contribution in [3.05, 3.63) is 140 Å². The first kappa shape index (κ1) is 42.8. The maximum Gasteiger partial charge on any atom is 0.277 e. The highest BCUT2D eigenvalue weighted by Gasteiger charge is 2.39. The van der Waals surface area contributed by atoms with Crippen LogP contribution in [0.1, 0.15) is 57.4 Å². The molecule has 4 aromatic carbocycles. The number of hydrogen-bond acceptors (Lipinski definition) is 8. The van der Waals surface area contributed by atoms with Gasteiger partial charge >= 0.3 is 0 Å². The lowest BCUT2D eigenvalue weighted by Gasteiger charge is -2.29. The standard InChI is InChI=1S/C47H43ClFN7O7/c48-34-13-18-38-39(26-34)52-47(51-38)56-46(61)37(17-9-30-7-14-35(49)15-8-30)43(54-56)32-11-5-29(6-12-32)3-1-23-63-28-42(58)50-21-24-62-22-2-4-31-10-16-36-33(25-31)27-55(45(36)60)40-19-20-41(57)53-44(40)59/h5-8,10-16,18,25-26,40,54H,1,3,9,17,19-24,27-28H2,(H,50,58)(H,51,52)(H,53,57,59). The smallest absolute Gasteiger partial charge is 0.277 e. The van der Waals surface area contributed by atoms with Crippen LogP contribution in [0.5, 0.6) is 0 Å². The third-order valence-corrected chi connectivity index (χ3v) is 11.2. The number of nitrogens with one attached hydrogen (secondary N) is 4. The summed E-state index contributed by atoms with van der Waals surface area (Å²) in [4.78, 5) is 72.1. The molecule has 6 aromatic rings. The number of fused-ring (bicyclic) bond motifs is 2. The lowest BCUT2D eigenvalue weighted by Crippen LogP contribution is -2.52. The van der Waals surface area contributed by atoms with Gasteiger partial charge in [0.25, 0.3) is 11.5 Å². The van der Waals surface area contributed by atoms with Gasteiger partial charge in [0.05, 0.1) is 23.3 Å². The van der Waals surface area contributed by atoms with E-state index in [1.807, 2.05) is 30.3 Å². The van der Waals surface area contributed by atoms with E-state index in [0.29, 0.717) is 83.2 Å². The predicted octanol–water partition coefficient (Wildman–Crippen LogP) is 5.18. The van der Waals surface area contributed by atoms with Crippen LogP contribution >= 0.6 is 11.6 Å². The average molecular weight is 872 g/mol. The van der Waals surface area contributed by atoms with E-state index in [0.717, 1.165) is 28.7 Å². The number of hydrogen-bond donors (Lipinski definition) is 4. The minimum absolute atomic E-state index is 0.0795. The Morgan fingerprint density at radius 3 is 2.52 bits per heavy atom. The molecule has 4 amide bonds. The highest BCUT2D eigenvalue weighted by atomic mass is 35.5. The van der Waals surface area contributed by atoms with Crippen molar-refractivity contribution in [2.45, 2.75) is 51.1 Å². The lowest BCUT2D eigenvalue weighted by molar-refractivity contribution is -0.137. The van der Waals surface area contributed by atoms with Crippen LogP contribution in [0.3, 0.4) is 0 Å². The number of aryl methyl sites for hydroxylation is 2. The zero-order chi connectivity index (χ0) is 43.9. The molecule has 14 nitrogen and oxygen atoms in total. The molecule has 2 aliphatic heterocycles. The molecule has 1 saturated heterocycles. The highest BCUT2D eigenvalue weighted by Crippen LogP contribution is 2.28.